The second kappa shape index (κ2) is 11.9. The Morgan fingerprint density at radius 2 is 1.73 bits per heavy atom. The highest BCUT2D eigenvalue weighted by Gasteiger charge is 2.24. The molecule has 1 saturated heterocycles. The normalized spacial score (nSPS) is 14.5. The molecular formula is C36H33FN6O2. The summed E-state index contributed by atoms with van der Waals surface area (Å²) in [6, 6.07) is 22.6. The van der Waals surface area contributed by atoms with Gasteiger partial charge in [-0.25, -0.2) is 14.4 Å². The molecule has 7 rings (SSSR count). The van der Waals surface area contributed by atoms with Gasteiger partial charge in [-0.15, -0.1) is 0 Å². The average molecular weight is 601 g/mol. The Hall–Kier alpha value is -5.44. The molecule has 1 aliphatic rings. The van der Waals surface area contributed by atoms with Crippen LogP contribution in [0.5, 0.6) is 5.75 Å². The molecule has 4 heterocycles. The van der Waals surface area contributed by atoms with Crippen LogP contribution in [0.25, 0.3) is 22.3 Å². The molecule has 3 aromatic heterocycles. The summed E-state index contributed by atoms with van der Waals surface area (Å²) in [6.07, 6.45) is 10.1. The lowest BCUT2D eigenvalue weighted by Crippen LogP contribution is -2.34. The van der Waals surface area contributed by atoms with E-state index in [0.29, 0.717) is 28.7 Å². The number of nitrogens with zero attached hydrogens (tertiary/aromatic N) is 4. The molecule has 8 nitrogen and oxygen atoms in total. The quantitative estimate of drug-likeness (QED) is 0.184. The van der Waals surface area contributed by atoms with Crippen molar-refractivity contribution in [1.29, 1.82) is 0 Å². The highest BCUT2D eigenvalue weighted by Crippen LogP contribution is 2.32. The number of carbonyl (C=O) groups excluding carboxylic acids is 1. The molecule has 0 bridgehead atoms. The number of phenols is 1. The summed E-state index contributed by atoms with van der Waals surface area (Å²) in [4.78, 5) is 28.7. The fourth-order valence-electron chi connectivity index (χ4n) is 6.24. The first kappa shape index (κ1) is 28.3. The third-order valence-corrected chi connectivity index (χ3v) is 8.55. The van der Waals surface area contributed by atoms with Crippen molar-refractivity contribution in [2.24, 2.45) is 0 Å². The molecule has 0 spiro atoms. The van der Waals surface area contributed by atoms with Gasteiger partial charge in [0.15, 0.2) is 5.82 Å². The number of aromatic nitrogens is 4. The maximum absolute atomic E-state index is 14.4. The van der Waals surface area contributed by atoms with Gasteiger partial charge in [0.2, 0.25) is 0 Å². The van der Waals surface area contributed by atoms with Gasteiger partial charge in [-0.3, -0.25) is 4.79 Å². The first-order chi connectivity index (χ1) is 21.9. The molecule has 1 atom stereocenters. The smallest absolute Gasteiger partial charge is 0.252 e. The summed E-state index contributed by atoms with van der Waals surface area (Å²) in [5.74, 6) is -0.488. The minimum absolute atomic E-state index is 0.118. The van der Waals surface area contributed by atoms with Crippen LogP contribution in [-0.4, -0.2) is 43.6 Å². The molecule has 1 fully saturated rings. The number of hydrogen-bond acceptors (Lipinski definition) is 5. The number of anilines is 1. The van der Waals surface area contributed by atoms with E-state index in [1.165, 1.54) is 18.2 Å². The molecule has 0 saturated carbocycles. The third-order valence-electron chi connectivity index (χ3n) is 8.55. The number of aromatic hydroxyl groups is 1. The molecule has 1 aliphatic heterocycles. The van der Waals surface area contributed by atoms with E-state index in [0.717, 1.165) is 48.1 Å². The summed E-state index contributed by atoms with van der Waals surface area (Å²) >= 11 is 0. The van der Waals surface area contributed by atoms with Crippen molar-refractivity contribution < 1.29 is 14.3 Å². The monoisotopic (exact) mass is 600 g/mol. The molecule has 45 heavy (non-hydrogen) atoms. The minimum atomic E-state index is -0.832. The number of H-pyrrole nitrogens is 1. The van der Waals surface area contributed by atoms with E-state index in [2.05, 4.69) is 54.3 Å². The van der Waals surface area contributed by atoms with E-state index in [4.69, 9.17) is 0 Å². The SMILES string of the molecule is Cc1cc(C(=O)N[C@@H](c2cc3ccccc3[nH]2)c2cc(F)ccc2O)cc(-c2ncc(N3CCC(n4cccc4)CC3)cn2)c1. The van der Waals surface area contributed by atoms with Crippen molar-refractivity contribution in [3.63, 3.8) is 0 Å². The predicted molar refractivity (Wildman–Crippen MR) is 173 cm³/mol. The van der Waals surface area contributed by atoms with Gasteiger partial charge in [0, 0.05) is 59.4 Å². The van der Waals surface area contributed by atoms with Crippen LogP contribution >= 0.6 is 0 Å². The van der Waals surface area contributed by atoms with Crippen molar-refractivity contribution in [2.45, 2.75) is 31.8 Å². The average Bonchev–Trinajstić information content (AvgIpc) is 3.76. The van der Waals surface area contributed by atoms with Crippen LogP contribution in [0.3, 0.4) is 0 Å². The Kier molecular flexibility index (Phi) is 7.51. The fourth-order valence-corrected chi connectivity index (χ4v) is 6.24. The minimum Gasteiger partial charge on any atom is -0.508 e. The van der Waals surface area contributed by atoms with Crippen LogP contribution < -0.4 is 10.2 Å². The highest BCUT2D eigenvalue weighted by atomic mass is 19.1. The standard InChI is InChI=1S/C36H33FN6O2/c1-23-16-25(35-38-21-29(22-39-35)43-14-10-28(11-15-43)42-12-4-5-13-42)18-26(17-23)36(45)41-34(30-20-27(37)8-9-33(30)44)32-19-24-6-2-3-7-31(24)40-32/h2-9,12-13,16-22,28,34,40,44H,10-11,14-15H2,1H3,(H,41,45)/t34-/m1/s1. The Labute approximate surface area is 260 Å². The van der Waals surface area contributed by atoms with Crippen LogP contribution in [0.4, 0.5) is 10.1 Å². The Bertz CT molecular complexity index is 1930. The second-order valence-electron chi connectivity index (χ2n) is 11.6. The number of benzene rings is 3. The second-order valence-corrected chi connectivity index (χ2v) is 11.6. The van der Waals surface area contributed by atoms with E-state index >= 15 is 0 Å². The zero-order chi connectivity index (χ0) is 30.9. The number of phenolic OH excluding ortho intramolecular Hbond substituents is 1. The number of piperidine rings is 1. The summed E-state index contributed by atoms with van der Waals surface area (Å²) in [6.45, 7) is 3.77. The van der Waals surface area contributed by atoms with Gasteiger partial charge in [-0.2, -0.15) is 0 Å². The summed E-state index contributed by atoms with van der Waals surface area (Å²) < 4.78 is 16.6. The topological polar surface area (TPSA) is 99.1 Å². The number of amides is 1. The molecule has 226 valence electrons. The van der Waals surface area contributed by atoms with Crippen molar-refractivity contribution in [2.75, 3.05) is 18.0 Å². The Morgan fingerprint density at radius 1 is 0.978 bits per heavy atom. The van der Waals surface area contributed by atoms with Gasteiger partial charge < -0.3 is 24.9 Å². The third kappa shape index (κ3) is 5.89. The summed E-state index contributed by atoms with van der Waals surface area (Å²) in [5.41, 5.74) is 4.70. The van der Waals surface area contributed by atoms with E-state index in [1.54, 1.807) is 12.1 Å². The van der Waals surface area contributed by atoms with Crippen LogP contribution in [-0.2, 0) is 0 Å². The largest absolute Gasteiger partial charge is 0.508 e. The van der Waals surface area contributed by atoms with Gasteiger partial charge in [-0.1, -0.05) is 18.2 Å². The Morgan fingerprint density at radius 3 is 2.49 bits per heavy atom. The van der Waals surface area contributed by atoms with Crippen molar-refractivity contribution in [3.05, 3.63) is 132 Å². The molecule has 0 unspecified atom stereocenters. The van der Waals surface area contributed by atoms with Gasteiger partial charge >= 0.3 is 0 Å². The van der Waals surface area contributed by atoms with Gasteiger partial charge in [0.25, 0.3) is 5.91 Å². The molecule has 3 aromatic carbocycles. The zero-order valence-electron chi connectivity index (χ0n) is 24.8. The lowest BCUT2D eigenvalue weighted by molar-refractivity contribution is 0.0942. The van der Waals surface area contributed by atoms with Crippen molar-refractivity contribution in [3.8, 4) is 17.1 Å². The summed E-state index contributed by atoms with van der Waals surface area (Å²) in [7, 11) is 0. The molecule has 6 aromatic rings. The van der Waals surface area contributed by atoms with Gasteiger partial charge in [0.05, 0.1) is 24.1 Å². The first-order valence-electron chi connectivity index (χ1n) is 15.1. The van der Waals surface area contributed by atoms with E-state index in [1.807, 2.05) is 55.7 Å². The number of rotatable bonds is 7. The lowest BCUT2D eigenvalue weighted by Gasteiger charge is -2.33. The zero-order valence-corrected chi connectivity index (χ0v) is 24.8. The fraction of sp³-hybridized carbons (Fsp3) is 0.194. The molecule has 0 radical (unpaired) electrons. The molecule has 9 heteroatoms. The first-order valence-corrected chi connectivity index (χ1v) is 15.1. The number of carbonyl (C=O) groups is 1. The predicted octanol–water partition coefficient (Wildman–Crippen LogP) is 6.94. The molecule has 1 amide bonds. The number of aromatic amines is 1. The summed E-state index contributed by atoms with van der Waals surface area (Å²) in [5, 5.41) is 14.6. The maximum Gasteiger partial charge on any atom is 0.252 e. The molecule has 3 N–H and O–H groups in total. The number of aryl methyl sites for hydroxylation is 1. The van der Waals surface area contributed by atoms with Crippen molar-refractivity contribution in [1.82, 2.24) is 24.8 Å². The highest BCUT2D eigenvalue weighted by molar-refractivity contribution is 5.96. The van der Waals surface area contributed by atoms with Crippen LogP contribution in [0.15, 0.2) is 104 Å². The lowest BCUT2D eigenvalue weighted by atomic mass is 10.0. The van der Waals surface area contributed by atoms with Crippen molar-refractivity contribution >= 4 is 22.5 Å². The molecule has 0 aliphatic carbocycles. The van der Waals surface area contributed by atoms with E-state index in [9.17, 15) is 14.3 Å². The number of halogens is 1. The van der Waals surface area contributed by atoms with Crippen LogP contribution in [0, 0.1) is 12.7 Å². The van der Waals surface area contributed by atoms with Crippen LogP contribution in [0.1, 0.15) is 52.1 Å². The number of hydrogen-bond donors (Lipinski definition) is 3. The van der Waals surface area contributed by atoms with Crippen LogP contribution in [0.2, 0.25) is 0 Å². The number of nitrogens with one attached hydrogen (secondary N) is 2. The molecular weight excluding hydrogens is 567 g/mol. The number of para-hydroxylation sites is 1. The number of fused-ring (bicyclic) bond motifs is 1. The van der Waals surface area contributed by atoms with Gasteiger partial charge in [0.1, 0.15) is 11.6 Å². The maximum atomic E-state index is 14.4. The van der Waals surface area contributed by atoms with E-state index < -0.39 is 11.9 Å². The Balaban J connectivity index is 1.12. The van der Waals surface area contributed by atoms with Gasteiger partial charge in [-0.05, 0) is 91.4 Å². The van der Waals surface area contributed by atoms with E-state index in [-0.39, 0.29) is 17.2 Å².